The van der Waals surface area contributed by atoms with Crippen LogP contribution in [0.15, 0.2) is 0 Å². The van der Waals surface area contributed by atoms with Crippen LogP contribution >= 0.6 is 0 Å². The molecule has 0 aliphatic carbocycles. The minimum Gasteiger partial charge on any atom is 0 e. The molecule has 3 N–H and O–H groups in total. The molecule has 0 aliphatic rings. The molecular weight excluding hydrogens is 450 g/mol. The van der Waals surface area contributed by atoms with Gasteiger partial charge in [0.15, 0.2) is 0 Å². The molecule has 0 aromatic carbocycles. The SMILES string of the molecule is CCCCCCCCCCCCOS(=O)(=O)O.O=S(=O)(O)O.[NaH].[Zr]. The van der Waals surface area contributed by atoms with Crippen LogP contribution in [0.2, 0.25) is 0 Å². The van der Waals surface area contributed by atoms with Crippen molar-refractivity contribution in [3.05, 3.63) is 0 Å². The van der Waals surface area contributed by atoms with Crippen LogP contribution in [0.25, 0.3) is 0 Å². The Labute approximate surface area is 187 Å². The Balaban J connectivity index is -0.000000250. The fraction of sp³-hybridized carbons (Fsp3) is 1.00. The molecule has 0 radical (unpaired) electrons. The maximum atomic E-state index is 10.2. The predicted molar refractivity (Wildman–Crippen MR) is 90.7 cm³/mol. The third kappa shape index (κ3) is 49.5. The molecule has 0 amide bonds. The van der Waals surface area contributed by atoms with Crippen LogP contribution < -0.4 is 0 Å². The average molecular weight is 480 g/mol. The fourth-order valence-electron chi connectivity index (χ4n) is 1.75. The minimum absolute atomic E-state index is 0. The van der Waals surface area contributed by atoms with Crippen molar-refractivity contribution in [3.63, 3.8) is 0 Å². The maximum Gasteiger partial charge on any atom is 0 e. The van der Waals surface area contributed by atoms with E-state index < -0.39 is 20.8 Å². The Morgan fingerprint density at radius 1 is 0.708 bits per heavy atom. The van der Waals surface area contributed by atoms with Crippen molar-refractivity contribution >= 4 is 50.4 Å². The largest absolute Gasteiger partial charge is 0 e. The quantitative estimate of drug-likeness (QED) is 0.220. The van der Waals surface area contributed by atoms with Gasteiger partial charge in [-0.05, 0) is 6.42 Å². The summed E-state index contributed by atoms with van der Waals surface area (Å²) in [5.74, 6) is 0. The first kappa shape index (κ1) is 33.2. The van der Waals surface area contributed by atoms with Gasteiger partial charge in [-0.25, -0.2) is 4.18 Å². The van der Waals surface area contributed by atoms with Gasteiger partial charge in [0.2, 0.25) is 0 Å². The summed E-state index contributed by atoms with van der Waals surface area (Å²) in [6, 6.07) is 0. The van der Waals surface area contributed by atoms with Gasteiger partial charge in [0.05, 0.1) is 6.61 Å². The van der Waals surface area contributed by atoms with E-state index in [0.29, 0.717) is 6.42 Å². The third-order valence-corrected chi connectivity index (χ3v) is 3.19. The van der Waals surface area contributed by atoms with E-state index in [1.54, 1.807) is 0 Å². The van der Waals surface area contributed by atoms with Gasteiger partial charge >= 0.3 is 50.4 Å². The van der Waals surface area contributed by atoms with Crippen molar-refractivity contribution in [3.8, 4) is 0 Å². The molecule has 0 fully saturated rings. The molecule has 0 unspecified atom stereocenters. The molecule has 8 nitrogen and oxygen atoms in total. The van der Waals surface area contributed by atoms with E-state index in [1.807, 2.05) is 0 Å². The van der Waals surface area contributed by atoms with E-state index in [4.69, 9.17) is 22.1 Å². The molecule has 0 saturated heterocycles. The summed E-state index contributed by atoms with van der Waals surface area (Å²) in [5, 5.41) is 0. The van der Waals surface area contributed by atoms with E-state index in [1.165, 1.54) is 44.9 Å². The second-order valence-corrected chi connectivity index (χ2v) is 6.87. The monoisotopic (exact) mass is 478 g/mol. The number of rotatable bonds is 12. The first-order chi connectivity index (χ1) is 10.1. The zero-order valence-electron chi connectivity index (χ0n) is 13.5. The second-order valence-electron chi connectivity index (χ2n) is 4.88. The molecule has 0 heterocycles. The van der Waals surface area contributed by atoms with Crippen LogP contribution in [0.5, 0.6) is 0 Å². The summed E-state index contributed by atoms with van der Waals surface area (Å²) in [5.41, 5.74) is 0. The van der Waals surface area contributed by atoms with Crippen LogP contribution in [-0.2, 0) is 51.2 Å². The summed E-state index contributed by atoms with van der Waals surface area (Å²) in [6.07, 6.45) is 11.9. The summed E-state index contributed by atoms with van der Waals surface area (Å²) in [7, 11) is -8.90. The smallest absolute Gasteiger partial charge is 0 e. The average Bonchev–Trinajstić information content (AvgIpc) is 2.32. The van der Waals surface area contributed by atoms with Crippen molar-refractivity contribution in [1.29, 1.82) is 0 Å². The Hall–Kier alpha value is 1.62. The summed E-state index contributed by atoms with van der Waals surface area (Å²) >= 11 is 0. The molecule has 142 valence electrons. The third-order valence-electron chi connectivity index (χ3n) is 2.73. The Morgan fingerprint density at radius 3 is 1.29 bits per heavy atom. The molecule has 0 spiro atoms. The van der Waals surface area contributed by atoms with Gasteiger partial charge in [0.1, 0.15) is 0 Å². The van der Waals surface area contributed by atoms with Gasteiger partial charge < -0.3 is 0 Å². The van der Waals surface area contributed by atoms with Gasteiger partial charge in [0.25, 0.3) is 0 Å². The van der Waals surface area contributed by atoms with Crippen molar-refractivity contribution in [1.82, 2.24) is 0 Å². The van der Waals surface area contributed by atoms with E-state index in [0.717, 1.165) is 12.8 Å². The van der Waals surface area contributed by atoms with Gasteiger partial charge in [-0.3, -0.25) is 13.7 Å². The van der Waals surface area contributed by atoms with Crippen molar-refractivity contribution in [2.75, 3.05) is 6.61 Å². The van der Waals surface area contributed by atoms with Crippen LogP contribution in [-0.4, -0.2) is 66.7 Å². The predicted octanol–water partition coefficient (Wildman–Crippen LogP) is 2.42. The second kappa shape index (κ2) is 20.9. The van der Waals surface area contributed by atoms with Crippen LogP contribution in [0, 0.1) is 0 Å². The summed E-state index contributed by atoms with van der Waals surface area (Å²) in [6.45, 7) is 2.31. The first-order valence-corrected chi connectivity index (χ1v) is 10.1. The molecule has 0 rings (SSSR count). The number of hydrogen-bond acceptors (Lipinski definition) is 5. The molecular formula is C12H29NaO8S2Zr. The van der Waals surface area contributed by atoms with Gasteiger partial charge in [-0.2, -0.15) is 16.8 Å². The van der Waals surface area contributed by atoms with Gasteiger partial charge in [-0.1, -0.05) is 64.7 Å². The minimum atomic E-state index is -4.67. The van der Waals surface area contributed by atoms with E-state index in [-0.39, 0.29) is 62.4 Å². The molecule has 0 atom stereocenters. The Bertz CT molecular complexity index is 434. The molecule has 12 heteroatoms. The zero-order valence-corrected chi connectivity index (χ0v) is 17.6. The van der Waals surface area contributed by atoms with Crippen LogP contribution in [0.4, 0.5) is 0 Å². The van der Waals surface area contributed by atoms with Crippen molar-refractivity contribution in [2.45, 2.75) is 71.1 Å². The number of unbranched alkanes of at least 4 members (excludes halogenated alkanes) is 9. The van der Waals surface area contributed by atoms with Crippen molar-refractivity contribution < 1.29 is 60.9 Å². The van der Waals surface area contributed by atoms with E-state index in [2.05, 4.69) is 11.1 Å². The van der Waals surface area contributed by atoms with E-state index in [9.17, 15) is 8.42 Å². The first-order valence-electron chi connectivity index (χ1n) is 7.38. The standard InChI is InChI=1S/C12H26O4S.Na.H2O4S.Zr.H/c1-2-3-4-5-6-7-8-9-10-11-12-16-17(13,14)15;;1-5(2,3)4;;/h2-12H2,1H3,(H,13,14,15);;(H2,1,2,3,4);;. The Kier molecular flexibility index (Phi) is 29.0. The summed E-state index contributed by atoms with van der Waals surface area (Å²) in [4.78, 5) is 0. The molecule has 0 aromatic heterocycles. The number of hydrogen-bond donors (Lipinski definition) is 3. The topological polar surface area (TPSA) is 138 Å². The maximum absolute atomic E-state index is 10.2. The molecule has 0 bridgehead atoms. The van der Waals surface area contributed by atoms with Crippen molar-refractivity contribution in [2.24, 2.45) is 0 Å². The van der Waals surface area contributed by atoms with Gasteiger partial charge in [-0.15, -0.1) is 0 Å². The Morgan fingerprint density at radius 2 is 1.00 bits per heavy atom. The molecule has 0 aliphatic heterocycles. The van der Waals surface area contributed by atoms with E-state index >= 15 is 0 Å². The summed E-state index contributed by atoms with van der Waals surface area (Å²) < 4.78 is 64.6. The van der Waals surface area contributed by atoms with Gasteiger partial charge in [0, 0.05) is 26.2 Å². The fourth-order valence-corrected chi connectivity index (χ4v) is 2.08. The normalized spacial score (nSPS) is 10.8. The van der Waals surface area contributed by atoms with Crippen LogP contribution in [0.1, 0.15) is 71.1 Å². The zero-order chi connectivity index (χ0) is 17.5. The molecule has 0 aromatic rings. The molecule has 24 heavy (non-hydrogen) atoms. The van der Waals surface area contributed by atoms with Crippen LogP contribution in [0.3, 0.4) is 0 Å². The molecule has 0 saturated carbocycles.